The summed E-state index contributed by atoms with van der Waals surface area (Å²) in [5.74, 6) is -1.68. The molecule has 6 rings (SSSR count). The van der Waals surface area contributed by atoms with E-state index in [2.05, 4.69) is 101 Å². The molecule has 0 saturated heterocycles. The second-order valence-electron chi connectivity index (χ2n) is 14.7. The van der Waals surface area contributed by atoms with Crippen molar-refractivity contribution in [3.05, 3.63) is 203 Å². The Bertz CT molecular complexity index is 2260. The maximum Gasteiger partial charge on any atom is 0.243 e. The fourth-order valence-corrected chi connectivity index (χ4v) is 7.31. The number of hydrogen-bond donors (Lipinski definition) is 4. The van der Waals surface area contributed by atoms with Crippen molar-refractivity contribution >= 4 is 23.5 Å². The SMILES string of the molecule is CC(=O)C[C@H](NC(=O)[C@H](Cc1ccc(-c2ccccc2)cc1)NC(C)=O)C(=O)NCc1cccc(CNC(c2ccccc2)(c2ccccc2)c2ccc(C)cc2)c1. The zero-order valence-electron chi connectivity index (χ0n) is 33.2. The third kappa shape index (κ3) is 10.6. The van der Waals surface area contributed by atoms with Crippen LogP contribution in [0.4, 0.5) is 0 Å². The minimum absolute atomic E-state index is 0.181. The van der Waals surface area contributed by atoms with Gasteiger partial charge in [0, 0.05) is 32.9 Å². The standard InChI is InChI=1S/C50H50N4O4/c1-35-22-28-45(29-23-35)50(43-18-9-5-10-19-43,44-20-11-6-12-21-44)52-34-40-15-13-14-39(31-40)33-51-48(57)46(30-36(2)55)54-49(58)47(53-37(3)56)32-38-24-26-42(27-25-38)41-16-7-4-8-17-41/h4-29,31,46-47,52H,30,32-34H2,1-3H3,(H,51,57)(H,53,56)(H,54,58)/t46-,47-/m0/s1. The predicted octanol–water partition coefficient (Wildman–Crippen LogP) is 7.57. The van der Waals surface area contributed by atoms with Gasteiger partial charge in [-0.2, -0.15) is 0 Å². The van der Waals surface area contributed by atoms with Gasteiger partial charge in [-0.25, -0.2) is 0 Å². The summed E-state index contributed by atoms with van der Waals surface area (Å²) in [5, 5.41) is 12.3. The summed E-state index contributed by atoms with van der Waals surface area (Å²) in [6.07, 6.45) is 0.00955. The van der Waals surface area contributed by atoms with E-state index in [9.17, 15) is 19.2 Å². The molecule has 0 bridgehead atoms. The van der Waals surface area contributed by atoms with Crippen LogP contribution >= 0.6 is 0 Å². The monoisotopic (exact) mass is 770 g/mol. The van der Waals surface area contributed by atoms with Crippen molar-refractivity contribution in [1.29, 1.82) is 0 Å². The molecule has 8 nitrogen and oxygen atoms in total. The van der Waals surface area contributed by atoms with Crippen molar-refractivity contribution in [2.45, 2.75) is 64.3 Å². The number of amides is 3. The van der Waals surface area contributed by atoms with E-state index in [1.807, 2.05) is 91.0 Å². The topological polar surface area (TPSA) is 116 Å². The lowest BCUT2D eigenvalue weighted by Gasteiger charge is -2.37. The number of rotatable bonds is 17. The van der Waals surface area contributed by atoms with E-state index in [0.29, 0.717) is 6.54 Å². The predicted molar refractivity (Wildman–Crippen MR) is 229 cm³/mol. The number of benzene rings is 6. The first kappa shape index (κ1) is 41.0. The second kappa shape index (κ2) is 19.5. The molecule has 3 amide bonds. The van der Waals surface area contributed by atoms with Gasteiger partial charge in [0.1, 0.15) is 17.9 Å². The lowest BCUT2D eigenvalue weighted by molar-refractivity contribution is -0.133. The molecule has 0 aliphatic rings. The first-order valence-electron chi connectivity index (χ1n) is 19.6. The van der Waals surface area contributed by atoms with E-state index >= 15 is 0 Å². The highest BCUT2D eigenvalue weighted by molar-refractivity contribution is 5.94. The first-order valence-corrected chi connectivity index (χ1v) is 19.6. The molecule has 4 N–H and O–H groups in total. The number of aryl methyl sites for hydroxylation is 1. The van der Waals surface area contributed by atoms with Gasteiger partial charge in [0.05, 0.1) is 5.54 Å². The zero-order valence-corrected chi connectivity index (χ0v) is 33.2. The molecule has 58 heavy (non-hydrogen) atoms. The molecule has 0 spiro atoms. The van der Waals surface area contributed by atoms with Crippen molar-refractivity contribution < 1.29 is 19.2 Å². The van der Waals surface area contributed by atoms with E-state index in [0.717, 1.165) is 44.5 Å². The molecule has 8 heteroatoms. The van der Waals surface area contributed by atoms with Crippen LogP contribution in [-0.2, 0) is 44.2 Å². The van der Waals surface area contributed by atoms with Crippen molar-refractivity contribution in [3.8, 4) is 11.1 Å². The number of ketones is 1. The van der Waals surface area contributed by atoms with Crippen LogP contribution in [0.3, 0.4) is 0 Å². The number of hydrogen-bond acceptors (Lipinski definition) is 5. The second-order valence-corrected chi connectivity index (χ2v) is 14.7. The Morgan fingerprint density at radius 2 is 1.05 bits per heavy atom. The molecule has 0 radical (unpaired) electrons. The molecule has 0 unspecified atom stereocenters. The minimum Gasteiger partial charge on any atom is -0.350 e. The smallest absolute Gasteiger partial charge is 0.243 e. The van der Waals surface area contributed by atoms with E-state index in [-0.39, 0.29) is 31.1 Å². The van der Waals surface area contributed by atoms with Crippen LogP contribution in [0.25, 0.3) is 11.1 Å². The van der Waals surface area contributed by atoms with Gasteiger partial charge in [-0.1, -0.05) is 169 Å². The number of carbonyl (C=O) groups excluding carboxylic acids is 4. The summed E-state index contributed by atoms with van der Waals surface area (Å²) in [7, 11) is 0. The highest BCUT2D eigenvalue weighted by Gasteiger charge is 2.36. The molecule has 0 aliphatic carbocycles. The van der Waals surface area contributed by atoms with Crippen LogP contribution in [0, 0.1) is 6.92 Å². The Kier molecular flexibility index (Phi) is 13.8. The van der Waals surface area contributed by atoms with Gasteiger partial charge in [0.2, 0.25) is 17.7 Å². The van der Waals surface area contributed by atoms with Crippen LogP contribution in [0.1, 0.15) is 59.2 Å². The van der Waals surface area contributed by atoms with E-state index in [4.69, 9.17) is 0 Å². The summed E-state index contributed by atoms with van der Waals surface area (Å²) in [6, 6.07) is 53.0. The number of Topliss-reactive ketones (excluding diaryl/α,β-unsaturated/α-hetero) is 1. The normalized spacial score (nSPS) is 12.2. The fourth-order valence-electron chi connectivity index (χ4n) is 7.31. The Morgan fingerprint density at radius 3 is 1.62 bits per heavy atom. The van der Waals surface area contributed by atoms with Gasteiger partial charge in [0.15, 0.2) is 0 Å². The van der Waals surface area contributed by atoms with E-state index < -0.39 is 29.4 Å². The maximum absolute atomic E-state index is 13.6. The van der Waals surface area contributed by atoms with Crippen LogP contribution in [0.5, 0.6) is 0 Å². The summed E-state index contributed by atoms with van der Waals surface area (Å²) in [5.41, 5.74) is 8.64. The molecule has 2 atom stereocenters. The summed E-state index contributed by atoms with van der Waals surface area (Å²) in [6.45, 7) is 5.50. The highest BCUT2D eigenvalue weighted by Crippen LogP contribution is 2.37. The number of nitrogens with one attached hydrogen (secondary N) is 4. The largest absolute Gasteiger partial charge is 0.350 e. The van der Waals surface area contributed by atoms with Gasteiger partial charge < -0.3 is 16.0 Å². The van der Waals surface area contributed by atoms with Crippen LogP contribution in [0.2, 0.25) is 0 Å². The third-order valence-electron chi connectivity index (χ3n) is 10.2. The Morgan fingerprint density at radius 1 is 0.517 bits per heavy atom. The van der Waals surface area contributed by atoms with Gasteiger partial charge in [-0.05, 0) is 58.4 Å². The zero-order chi connectivity index (χ0) is 40.9. The molecular weight excluding hydrogens is 721 g/mol. The van der Waals surface area contributed by atoms with Crippen LogP contribution < -0.4 is 21.3 Å². The summed E-state index contributed by atoms with van der Waals surface area (Å²) in [4.78, 5) is 51.8. The molecule has 6 aromatic carbocycles. The van der Waals surface area contributed by atoms with Gasteiger partial charge in [-0.15, -0.1) is 0 Å². The molecule has 0 fully saturated rings. The quantitative estimate of drug-likeness (QED) is 0.0715. The molecule has 0 saturated carbocycles. The van der Waals surface area contributed by atoms with Gasteiger partial charge >= 0.3 is 0 Å². The van der Waals surface area contributed by atoms with Crippen LogP contribution in [-0.4, -0.2) is 35.6 Å². The van der Waals surface area contributed by atoms with Gasteiger partial charge in [0.25, 0.3) is 0 Å². The molecule has 6 aromatic rings. The lowest BCUT2D eigenvalue weighted by Crippen LogP contribution is -2.54. The lowest BCUT2D eigenvalue weighted by atomic mass is 9.76. The number of carbonyl (C=O) groups is 4. The van der Waals surface area contributed by atoms with Crippen molar-refractivity contribution in [1.82, 2.24) is 21.3 Å². The first-order chi connectivity index (χ1) is 28.1. The Labute approximate surface area is 341 Å². The third-order valence-corrected chi connectivity index (χ3v) is 10.2. The average Bonchev–Trinajstić information content (AvgIpc) is 3.24. The fraction of sp³-hybridized carbons (Fsp3) is 0.200. The van der Waals surface area contributed by atoms with Gasteiger partial charge in [-0.3, -0.25) is 24.5 Å². The van der Waals surface area contributed by atoms with E-state index in [1.54, 1.807) is 0 Å². The molecule has 0 aromatic heterocycles. The molecule has 0 heterocycles. The Hall–Kier alpha value is -6.64. The molecule has 0 aliphatic heterocycles. The minimum atomic E-state index is -1.13. The molecule has 294 valence electrons. The van der Waals surface area contributed by atoms with E-state index in [1.165, 1.54) is 19.4 Å². The maximum atomic E-state index is 13.6. The Balaban J connectivity index is 1.15. The average molecular weight is 771 g/mol. The molecular formula is C50H50N4O4. The van der Waals surface area contributed by atoms with Crippen molar-refractivity contribution in [2.24, 2.45) is 0 Å². The summed E-state index contributed by atoms with van der Waals surface area (Å²) < 4.78 is 0. The highest BCUT2D eigenvalue weighted by atomic mass is 16.2. The van der Waals surface area contributed by atoms with Crippen molar-refractivity contribution in [3.63, 3.8) is 0 Å². The summed E-state index contributed by atoms with van der Waals surface area (Å²) >= 11 is 0. The van der Waals surface area contributed by atoms with Crippen molar-refractivity contribution in [2.75, 3.05) is 0 Å². The van der Waals surface area contributed by atoms with Crippen LogP contribution in [0.15, 0.2) is 164 Å².